The summed E-state index contributed by atoms with van der Waals surface area (Å²) in [6.07, 6.45) is 2.48. The van der Waals surface area contributed by atoms with Crippen LogP contribution in [0.4, 0.5) is 0 Å². The normalized spacial score (nSPS) is 26.9. The van der Waals surface area contributed by atoms with Crippen molar-refractivity contribution in [2.24, 2.45) is 11.7 Å². The average molecular weight is 355 g/mol. The smallest absolute Gasteiger partial charge is 0.231 e. The molecule has 0 bridgehead atoms. The summed E-state index contributed by atoms with van der Waals surface area (Å²) >= 11 is 3.58. The molecule has 2 aliphatic heterocycles. The lowest BCUT2D eigenvalue weighted by Gasteiger charge is -2.41. The van der Waals surface area contributed by atoms with Crippen molar-refractivity contribution < 1.29 is 9.47 Å². The van der Waals surface area contributed by atoms with Crippen molar-refractivity contribution >= 4 is 15.9 Å². The zero-order chi connectivity index (χ0) is 15.0. The highest BCUT2D eigenvalue weighted by Gasteiger charge is 2.30. The molecule has 1 aromatic rings. The van der Waals surface area contributed by atoms with E-state index in [1.807, 2.05) is 0 Å². The number of nitrogens with zero attached hydrogens (tertiary/aromatic N) is 1. The van der Waals surface area contributed by atoms with Gasteiger partial charge < -0.3 is 15.2 Å². The number of benzene rings is 1. The maximum atomic E-state index is 6.10. The molecule has 2 N–H and O–H groups in total. The Balaban J connectivity index is 1.88. The first-order chi connectivity index (χ1) is 10.1. The zero-order valence-electron chi connectivity index (χ0n) is 12.6. The molecule has 0 aliphatic carbocycles. The van der Waals surface area contributed by atoms with Crippen molar-refractivity contribution in [3.05, 3.63) is 22.2 Å². The topological polar surface area (TPSA) is 47.7 Å². The first-order valence-electron chi connectivity index (χ1n) is 7.65. The van der Waals surface area contributed by atoms with Gasteiger partial charge in [-0.3, -0.25) is 4.90 Å². The van der Waals surface area contributed by atoms with Crippen LogP contribution in [0, 0.1) is 5.92 Å². The van der Waals surface area contributed by atoms with Crippen LogP contribution in [-0.2, 0) is 0 Å². The molecule has 2 heterocycles. The highest BCUT2D eigenvalue weighted by atomic mass is 79.9. The summed E-state index contributed by atoms with van der Waals surface area (Å²) in [7, 11) is 0. The third kappa shape index (κ3) is 2.91. The lowest BCUT2D eigenvalue weighted by atomic mass is 9.90. The number of rotatable bonds is 3. The highest BCUT2D eigenvalue weighted by Crippen LogP contribution is 2.42. The van der Waals surface area contributed by atoms with Crippen LogP contribution >= 0.6 is 15.9 Å². The van der Waals surface area contributed by atoms with Crippen molar-refractivity contribution in [2.75, 3.05) is 19.9 Å². The quantitative estimate of drug-likeness (QED) is 0.904. The Labute approximate surface area is 134 Å². The summed E-state index contributed by atoms with van der Waals surface area (Å²) in [6, 6.07) is 5.00. The molecule has 4 nitrogen and oxygen atoms in total. The number of hydrogen-bond acceptors (Lipinski definition) is 4. The molecular formula is C16H23BrN2O2. The summed E-state index contributed by atoms with van der Waals surface area (Å²) in [5.41, 5.74) is 7.30. The molecule has 1 aromatic carbocycles. The van der Waals surface area contributed by atoms with E-state index in [0.717, 1.165) is 28.4 Å². The molecule has 21 heavy (non-hydrogen) atoms. The number of halogens is 1. The predicted octanol–water partition coefficient (Wildman–Crippen LogP) is 3.30. The van der Waals surface area contributed by atoms with E-state index in [1.165, 1.54) is 18.4 Å². The molecule has 0 aromatic heterocycles. The van der Waals surface area contributed by atoms with Crippen molar-refractivity contribution in [2.45, 2.75) is 38.8 Å². The summed E-state index contributed by atoms with van der Waals surface area (Å²) < 4.78 is 11.9. The Kier molecular flexibility index (Phi) is 4.43. The summed E-state index contributed by atoms with van der Waals surface area (Å²) in [5.74, 6) is 2.42. The van der Waals surface area contributed by atoms with Crippen LogP contribution in [0.15, 0.2) is 16.6 Å². The number of hydrogen-bond donors (Lipinski definition) is 1. The van der Waals surface area contributed by atoms with Gasteiger partial charge >= 0.3 is 0 Å². The van der Waals surface area contributed by atoms with Gasteiger partial charge in [-0.1, -0.05) is 6.92 Å². The van der Waals surface area contributed by atoms with Crippen LogP contribution in [0.2, 0.25) is 0 Å². The maximum Gasteiger partial charge on any atom is 0.231 e. The minimum absolute atomic E-state index is 0.235. The van der Waals surface area contributed by atoms with Gasteiger partial charge in [0, 0.05) is 18.6 Å². The van der Waals surface area contributed by atoms with Gasteiger partial charge in [0.1, 0.15) is 0 Å². The molecule has 0 spiro atoms. The molecular weight excluding hydrogens is 332 g/mol. The standard InChI is InChI=1S/C16H23BrN2O2/c1-10-3-4-19(11(2)5-10)14(8-18)12-6-13(17)16-15(7-12)20-9-21-16/h6-7,10-11,14H,3-5,8-9,18H2,1-2H3. The van der Waals surface area contributed by atoms with Crippen molar-refractivity contribution in [3.8, 4) is 11.5 Å². The predicted molar refractivity (Wildman–Crippen MR) is 86.6 cm³/mol. The van der Waals surface area contributed by atoms with Gasteiger partial charge in [0.25, 0.3) is 0 Å². The fourth-order valence-corrected chi connectivity index (χ4v) is 4.11. The molecule has 3 unspecified atom stereocenters. The molecule has 116 valence electrons. The Morgan fingerprint density at radius 2 is 2.19 bits per heavy atom. The fourth-order valence-electron chi connectivity index (χ4n) is 3.53. The van der Waals surface area contributed by atoms with Gasteiger partial charge in [-0.2, -0.15) is 0 Å². The Hall–Kier alpha value is -0.780. The average Bonchev–Trinajstić information content (AvgIpc) is 2.91. The molecule has 0 saturated carbocycles. The Morgan fingerprint density at radius 1 is 1.38 bits per heavy atom. The van der Waals surface area contributed by atoms with Gasteiger partial charge in [-0.05, 0) is 65.9 Å². The third-order valence-electron chi connectivity index (χ3n) is 4.65. The fraction of sp³-hybridized carbons (Fsp3) is 0.625. The van der Waals surface area contributed by atoms with Gasteiger partial charge in [0.2, 0.25) is 6.79 Å². The van der Waals surface area contributed by atoms with E-state index in [1.54, 1.807) is 0 Å². The number of fused-ring (bicyclic) bond motifs is 1. The van der Waals surface area contributed by atoms with Crippen molar-refractivity contribution in [3.63, 3.8) is 0 Å². The van der Waals surface area contributed by atoms with E-state index in [9.17, 15) is 0 Å². The van der Waals surface area contributed by atoms with E-state index >= 15 is 0 Å². The van der Waals surface area contributed by atoms with Crippen LogP contribution in [0.25, 0.3) is 0 Å². The SMILES string of the molecule is CC1CCN(C(CN)c2cc(Br)c3c(c2)OCO3)C(C)C1. The molecule has 3 atom stereocenters. The van der Waals surface area contributed by atoms with Gasteiger partial charge in [-0.25, -0.2) is 0 Å². The maximum absolute atomic E-state index is 6.10. The molecule has 1 saturated heterocycles. The minimum atomic E-state index is 0.235. The number of piperidine rings is 1. The van der Waals surface area contributed by atoms with Crippen molar-refractivity contribution in [1.82, 2.24) is 4.90 Å². The Morgan fingerprint density at radius 3 is 2.90 bits per heavy atom. The molecule has 0 amide bonds. The van der Waals surface area contributed by atoms with Crippen LogP contribution in [0.5, 0.6) is 11.5 Å². The van der Waals surface area contributed by atoms with Crippen molar-refractivity contribution in [1.29, 1.82) is 0 Å². The van der Waals surface area contributed by atoms with Crippen LogP contribution in [-0.4, -0.2) is 30.8 Å². The number of ether oxygens (including phenoxy) is 2. The lowest BCUT2D eigenvalue weighted by molar-refractivity contribution is 0.0846. The molecule has 3 rings (SSSR count). The second-order valence-electron chi connectivity index (χ2n) is 6.20. The summed E-state index contributed by atoms with van der Waals surface area (Å²) in [6.45, 7) is 6.66. The van der Waals surface area contributed by atoms with Crippen LogP contribution in [0.3, 0.4) is 0 Å². The minimum Gasteiger partial charge on any atom is -0.454 e. The van der Waals surface area contributed by atoms with E-state index in [0.29, 0.717) is 19.4 Å². The Bertz CT molecular complexity index is 523. The highest BCUT2D eigenvalue weighted by molar-refractivity contribution is 9.10. The number of nitrogens with two attached hydrogens (primary N) is 1. The molecule has 0 radical (unpaired) electrons. The van der Waals surface area contributed by atoms with Gasteiger partial charge in [0.15, 0.2) is 11.5 Å². The van der Waals surface area contributed by atoms with Gasteiger partial charge in [-0.15, -0.1) is 0 Å². The van der Waals surface area contributed by atoms with Gasteiger partial charge in [0.05, 0.1) is 4.47 Å². The largest absolute Gasteiger partial charge is 0.454 e. The number of likely N-dealkylation sites (tertiary alicyclic amines) is 1. The second kappa shape index (κ2) is 6.15. The van der Waals surface area contributed by atoms with E-state index in [-0.39, 0.29) is 6.04 Å². The first kappa shape index (κ1) is 15.1. The monoisotopic (exact) mass is 354 g/mol. The molecule has 1 fully saturated rings. The lowest BCUT2D eigenvalue weighted by Crippen LogP contribution is -2.44. The molecule has 2 aliphatic rings. The summed E-state index contributed by atoms with van der Waals surface area (Å²) in [5, 5.41) is 0. The third-order valence-corrected chi connectivity index (χ3v) is 5.24. The first-order valence-corrected chi connectivity index (χ1v) is 8.44. The summed E-state index contributed by atoms with van der Waals surface area (Å²) in [4.78, 5) is 2.53. The van der Waals surface area contributed by atoms with E-state index in [2.05, 4.69) is 46.8 Å². The zero-order valence-corrected chi connectivity index (χ0v) is 14.2. The molecule has 5 heteroatoms. The van der Waals surface area contributed by atoms with E-state index in [4.69, 9.17) is 15.2 Å². The van der Waals surface area contributed by atoms with Crippen LogP contribution < -0.4 is 15.2 Å². The van der Waals surface area contributed by atoms with Crippen LogP contribution in [0.1, 0.15) is 38.3 Å². The van der Waals surface area contributed by atoms with E-state index < -0.39 is 0 Å². The second-order valence-corrected chi connectivity index (χ2v) is 7.06.